The van der Waals surface area contributed by atoms with Crippen LogP contribution in [0.15, 0.2) is 49.2 Å². The topological polar surface area (TPSA) is 17.4 Å². The second kappa shape index (κ2) is 4.96. The molecular weight excluding hydrogens is 224 g/mol. The maximum atomic E-state index is 5.41. The third-order valence-corrected chi connectivity index (χ3v) is 3.55. The van der Waals surface area contributed by atoms with E-state index in [1.807, 2.05) is 6.08 Å². The van der Waals surface area contributed by atoms with Gasteiger partial charge < -0.3 is 9.30 Å². The molecule has 1 saturated heterocycles. The zero-order valence-corrected chi connectivity index (χ0v) is 10.5. The van der Waals surface area contributed by atoms with Crippen LogP contribution in [0, 0.1) is 0 Å². The molecule has 0 amide bonds. The lowest BCUT2D eigenvalue weighted by Crippen LogP contribution is -2.40. The largest absolute Gasteiger partial charge is 0.379 e. The number of nitrogens with zero attached hydrogens (tertiary/aromatic N) is 2. The standard InChI is InChI=1S/C15H18N2O/c1-2-15(16-9-11-18-12-10-16)17-8-7-13-5-3-4-6-14(13)17/h2-8,15H,1,9-12H2. The number of aromatic nitrogens is 1. The first kappa shape index (κ1) is 11.5. The molecule has 1 aromatic carbocycles. The lowest BCUT2D eigenvalue weighted by molar-refractivity contribution is 0.0123. The van der Waals surface area contributed by atoms with Gasteiger partial charge in [-0.05, 0) is 17.5 Å². The van der Waals surface area contributed by atoms with Gasteiger partial charge in [0.1, 0.15) is 6.17 Å². The van der Waals surface area contributed by atoms with Crippen LogP contribution in [0.1, 0.15) is 6.17 Å². The summed E-state index contributed by atoms with van der Waals surface area (Å²) in [5.74, 6) is 0. The van der Waals surface area contributed by atoms with Crippen molar-refractivity contribution in [2.45, 2.75) is 6.17 Å². The Labute approximate surface area is 107 Å². The maximum Gasteiger partial charge on any atom is 0.105 e. The zero-order valence-electron chi connectivity index (χ0n) is 10.5. The fourth-order valence-corrected chi connectivity index (χ4v) is 2.62. The number of para-hydroxylation sites is 1. The Morgan fingerprint density at radius 2 is 1.94 bits per heavy atom. The van der Waals surface area contributed by atoms with Crippen LogP contribution in [-0.2, 0) is 4.74 Å². The first-order valence-electron chi connectivity index (χ1n) is 6.40. The van der Waals surface area contributed by atoms with Crippen LogP contribution in [0.25, 0.3) is 10.9 Å². The van der Waals surface area contributed by atoms with E-state index < -0.39 is 0 Å². The first-order valence-corrected chi connectivity index (χ1v) is 6.40. The van der Waals surface area contributed by atoms with E-state index in [0.29, 0.717) is 0 Å². The lowest BCUT2D eigenvalue weighted by Gasteiger charge is -2.33. The third-order valence-electron chi connectivity index (χ3n) is 3.55. The molecule has 0 radical (unpaired) electrons. The van der Waals surface area contributed by atoms with Gasteiger partial charge in [-0.2, -0.15) is 0 Å². The van der Waals surface area contributed by atoms with E-state index in [1.165, 1.54) is 10.9 Å². The lowest BCUT2D eigenvalue weighted by atomic mass is 10.2. The number of ether oxygens (including phenoxy) is 1. The van der Waals surface area contributed by atoms with E-state index in [4.69, 9.17) is 4.74 Å². The Bertz CT molecular complexity index is 540. The van der Waals surface area contributed by atoms with E-state index >= 15 is 0 Å². The van der Waals surface area contributed by atoms with E-state index in [2.05, 4.69) is 52.6 Å². The SMILES string of the molecule is C=CC(N1CCOCC1)n1ccc2ccccc21. The van der Waals surface area contributed by atoms with Crippen LogP contribution in [0.5, 0.6) is 0 Å². The summed E-state index contributed by atoms with van der Waals surface area (Å²) < 4.78 is 7.70. The first-order chi connectivity index (χ1) is 8.90. The molecule has 0 N–H and O–H groups in total. The summed E-state index contributed by atoms with van der Waals surface area (Å²) in [4.78, 5) is 2.41. The fourth-order valence-electron chi connectivity index (χ4n) is 2.62. The predicted molar refractivity (Wildman–Crippen MR) is 73.6 cm³/mol. The average Bonchev–Trinajstić information content (AvgIpc) is 2.85. The van der Waals surface area contributed by atoms with Crippen LogP contribution in [-0.4, -0.2) is 35.8 Å². The number of benzene rings is 1. The molecule has 0 bridgehead atoms. The molecule has 3 heteroatoms. The van der Waals surface area contributed by atoms with Crippen LogP contribution < -0.4 is 0 Å². The van der Waals surface area contributed by atoms with Crippen molar-refractivity contribution in [3.8, 4) is 0 Å². The van der Waals surface area contributed by atoms with Gasteiger partial charge in [0.2, 0.25) is 0 Å². The molecule has 0 saturated carbocycles. The minimum atomic E-state index is 0.216. The monoisotopic (exact) mass is 242 g/mol. The van der Waals surface area contributed by atoms with E-state index in [-0.39, 0.29) is 6.17 Å². The summed E-state index contributed by atoms with van der Waals surface area (Å²) >= 11 is 0. The Balaban J connectivity index is 1.97. The molecule has 94 valence electrons. The van der Waals surface area contributed by atoms with Crippen molar-refractivity contribution < 1.29 is 4.74 Å². The number of hydrogen-bond donors (Lipinski definition) is 0. The number of hydrogen-bond acceptors (Lipinski definition) is 2. The van der Waals surface area contributed by atoms with Gasteiger partial charge in [-0.3, -0.25) is 4.90 Å². The molecule has 0 spiro atoms. The van der Waals surface area contributed by atoms with Gasteiger partial charge in [0.15, 0.2) is 0 Å². The molecule has 1 fully saturated rings. The van der Waals surface area contributed by atoms with Crippen molar-refractivity contribution in [3.05, 3.63) is 49.2 Å². The Morgan fingerprint density at radius 1 is 1.17 bits per heavy atom. The molecule has 18 heavy (non-hydrogen) atoms. The third kappa shape index (κ3) is 1.96. The van der Waals surface area contributed by atoms with Crippen molar-refractivity contribution in [2.75, 3.05) is 26.3 Å². The van der Waals surface area contributed by atoms with Crippen LogP contribution >= 0.6 is 0 Å². The molecule has 3 nitrogen and oxygen atoms in total. The minimum absolute atomic E-state index is 0.216. The fraction of sp³-hybridized carbons (Fsp3) is 0.333. The molecule has 0 aliphatic carbocycles. The highest BCUT2D eigenvalue weighted by molar-refractivity contribution is 5.80. The van der Waals surface area contributed by atoms with Gasteiger partial charge in [0.25, 0.3) is 0 Å². The second-order valence-electron chi connectivity index (χ2n) is 4.58. The molecule has 2 heterocycles. The van der Waals surface area contributed by atoms with Gasteiger partial charge in [-0.25, -0.2) is 0 Å². The Morgan fingerprint density at radius 3 is 2.72 bits per heavy atom. The van der Waals surface area contributed by atoms with Crippen LogP contribution in [0.4, 0.5) is 0 Å². The zero-order chi connectivity index (χ0) is 12.4. The van der Waals surface area contributed by atoms with E-state index in [9.17, 15) is 0 Å². The van der Waals surface area contributed by atoms with Crippen molar-refractivity contribution in [3.63, 3.8) is 0 Å². The van der Waals surface area contributed by atoms with Gasteiger partial charge in [0.05, 0.1) is 13.2 Å². The second-order valence-corrected chi connectivity index (χ2v) is 4.58. The molecule has 3 rings (SSSR count). The molecule has 1 aliphatic rings. The van der Waals surface area contributed by atoms with E-state index in [0.717, 1.165) is 26.3 Å². The summed E-state index contributed by atoms with van der Waals surface area (Å²) in [5, 5.41) is 1.28. The molecule has 1 unspecified atom stereocenters. The number of morpholine rings is 1. The van der Waals surface area contributed by atoms with Gasteiger partial charge in [0, 0.05) is 24.8 Å². The van der Waals surface area contributed by atoms with Gasteiger partial charge in [-0.15, -0.1) is 0 Å². The maximum absolute atomic E-state index is 5.41. The quantitative estimate of drug-likeness (QED) is 0.770. The highest BCUT2D eigenvalue weighted by atomic mass is 16.5. The Hall–Kier alpha value is -1.58. The summed E-state index contributed by atoms with van der Waals surface area (Å²) in [5.41, 5.74) is 1.26. The summed E-state index contributed by atoms with van der Waals surface area (Å²) in [6.45, 7) is 7.54. The molecule has 1 atom stereocenters. The number of fused-ring (bicyclic) bond motifs is 1. The molecular formula is C15H18N2O. The molecule has 2 aromatic rings. The molecule has 1 aromatic heterocycles. The average molecular weight is 242 g/mol. The number of rotatable bonds is 3. The van der Waals surface area contributed by atoms with Crippen LogP contribution in [0.3, 0.4) is 0 Å². The molecule has 1 aliphatic heterocycles. The van der Waals surface area contributed by atoms with Crippen molar-refractivity contribution in [1.82, 2.24) is 9.47 Å². The Kier molecular flexibility index (Phi) is 3.17. The normalized spacial score (nSPS) is 18.9. The predicted octanol–water partition coefficient (Wildman–Crippen LogP) is 2.66. The van der Waals surface area contributed by atoms with Crippen molar-refractivity contribution >= 4 is 10.9 Å². The van der Waals surface area contributed by atoms with Crippen LogP contribution in [0.2, 0.25) is 0 Å². The minimum Gasteiger partial charge on any atom is -0.379 e. The van der Waals surface area contributed by atoms with Crippen molar-refractivity contribution in [1.29, 1.82) is 0 Å². The summed E-state index contributed by atoms with van der Waals surface area (Å²) in [7, 11) is 0. The summed E-state index contributed by atoms with van der Waals surface area (Å²) in [6, 6.07) is 10.6. The van der Waals surface area contributed by atoms with Gasteiger partial charge in [-0.1, -0.05) is 30.9 Å². The summed E-state index contributed by atoms with van der Waals surface area (Å²) in [6.07, 6.45) is 4.37. The smallest absolute Gasteiger partial charge is 0.105 e. The van der Waals surface area contributed by atoms with Crippen molar-refractivity contribution in [2.24, 2.45) is 0 Å². The highest BCUT2D eigenvalue weighted by Gasteiger charge is 2.20. The van der Waals surface area contributed by atoms with E-state index in [1.54, 1.807) is 0 Å². The highest BCUT2D eigenvalue weighted by Crippen LogP contribution is 2.23. The van der Waals surface area contributed by atoms with Gasteiger partial charge >= 0.3 is 0 Å².